The van der Waals surface area contributed by atoms with Crippen LogP contribution >= 0.6 is 0 Å². The van der Waals surface area contributed by atoms with Gasteiger partial charge in [0.1, 0.15) is 55.1 Å². The highest BCUT2D eigenvalue weighted by Crippen LogP contribution is 2.29. The van der Waals surface area contributed by atoms with Crippen LogP contribution in [0.3, 0.4) is 0 Å². The number of unbranched alkanes of at least 4 members (excludes halogenated alkanes) is 26. The summed E-state index contributed by atoms with van der Waals surface area (Å²) in [6, 6.07) is 0. The summed E-state index contributed by atoms with van der Waals surface area (Å²) in [5.74, 6) is 0. The molecule has 0 aromatic carbocycles. The minimum Gasteiger partial charge on any atom is -0.394 e. The van der Waals surface area contributed by atoms with Crippen LogP contribution in [0.1, 0.15) is 194 Å². The van der Waals surface area contributed by atoms with Crippen molar-refractivity contribution < 1.29 is 59.4 Å². The monoisotopic (exact) mass is 864 g/mol. The largest absolute Gasteiger partial charge is 0.394 e. The molecule has 0 saturated carbocycles. The van der Waals surface area contributed by atoms with Crippen molar-refractivity contribution in [3.8, 4) is 0 Å². The quantitative estimate of drug-likeness (QED) is 0.0308. The van der Waals surface area contributed by atoms with Gasteiger partial charge in [0.2, 0.25) is 0 Å². The first-order valence-electron chi connectivity index (χ1n) is 24.8. The Balaban J connectivity index is 1.75. The SMILES string of the molecule is CCCCCCCCCCCCCCCCOCC(CN[C@@H]1O[C@H](CO)[C@@H](O[C@H]2O[C@H](CO)[C@@H](O)[C@H](O)[C@H]2O)[C@H](O)[C@H]1O)OCCCCCCCCCCCCCCCC. The maximum absolute atomic E-state index is 11.1. The lowest BCUT2D eigenvalue weighted by Crippen LogP contribution is -2.66. The Bertz CT molecular complexity index is 950. The van der Waals surface area contributed by atoms with Gasteiger partial charge in [0.25, 0.3) is 0 Å². The second-order valence-electron chi connectivity index (χ2n) is 17.7. The van der Waals surface area contributed by atoms with Gasteiger partial charge in [-0.25, -0.2) is 0 Å². The normalized spacial score (nSPS) is 27.8. The number of hydrogen-bond donors (Lipinski definition) is 8. The van der Waals surface area contributed by atoms with Gasteiger partial charge in [-0.3, -0.25) is 5.32 Å². The van der Waals surface area contributed by atoms with Crippen molar-refractivity contribution in [1.82, 2.24) is 5.32 Å². The third kappa shape index (κ3) is 24.0. The summed E-state index contributed by atoms with van der Waals surface area (Å²) < 4.78 is 29.4. The van der Waals surface area contributed by atoms with Gasteiger partial charge in [0.05, 0.1) is 25.9 Å². The summed E-state index contributed by atoms with van der Waals surface area (Å²) in [5.41, 5.74) is 0. The summed E-state index contributed by atoms with van der Waals surface area (Å²) in [5, 5.41) is 75.7. The van der Waals surface area contributed by atoms with E-state index in [0.29, 0.717) is 19.8 Å². The highest BCUT2D eigenvalue weighted by atomic mass is 16.7. The summed E-state index contributed by atoms with van der Waals surface area (Å²) in [4.78, 5) is 0. The van der Waals surface area contributed by atoms with E-state index < -0.39 is 74.6 Å². The highest BCUT2D eigenvalue weighted by Gasteiger charge is 2.50. The van der Waals surface area contributed by atoms with Gasteiger partial charge >= 0.3 is 0 Å². The summed E-state index contributed by atoms with van der Waals surface area (Å²) in [6.07, 6.45) is 21.4. The topological polar surface area (TPSA) is 200 Å². The molecule has 13 nitrogen and oxygen atoms in total. The minimum absolute atomic E-state index is 0.266. The van der Waals surface area contributed by atoms with Gasteiger partial charge in [-0.1, -0.05) is 181 Å². The molecular formula is C47H93NO12. The molecule has 2 aliphatic heterocycles. The van der Waals surface area contributed by atoms with Crippen molar-refractivity contribution in [2.75, 3.05) is 39.6 Å². The van der Waals surface area contributed by atoms with Crippen LogP contribution in [-0.2, 0) is 23.7 Å². The zero-order valence-electron chi connectivity index (χ0n) is 38.1. The summed E-state index contributed by atoms with van der Waals surface area (Å²) in [6.45, 7) is 5.13. The zero-order chi connectivity index (χ0) is 43.6. The van der Waals surface area contributed by atoms with Crippen LogP contribution in [0.5, 0.6) is 0 Å². The molecule has 2 rings (SSSR count). The smallest absolute Gasteiger partial charge is 0.187 e. The predicted molar refractivity (Wildman–Crippen MR) is 236 cm³/mol. The van der Waals surface area contributed by atoms with Crippen molar-refractivity contribution in [3.05, 3.63) is 0 Å². The summed E-state index contributed by atoms with van der Waals surface area (Å²) >= 11 is 0. The molecule has 2 fully saturated rings. The van der Waals surface area contributed by atoms with E-state index in [-0.39, 0.29) is 12.6 Å². The van der Waals surface area contributed by atoms with Gasteiger partial charge in [0.15, 0.2) is 6.29 Å². The Morgan fingerprint density at radius 1 is 0.467 bits per heavy atom. The lowest BCUT2D eigenvalue weighted by atomic mass is 9.96. The molecule has 358 valence electrons. The van der Waals surface area contributed by atoms with E-state index in [0.717, 1.165) is 25.7 Å². The molecule has 0 radical (unpaired) electrons. The molecular weight excluding hydrogens is 771 g/mol. The lowest BCUT2D eigenvalue weighted by Gasteiger charge is -2.46. The fraction of sp³-hybridized carbons (Fsp3) is 1.00. The molecule has 8 N–H and O–H groups in total. The number of rotatable bonds is 40. The van der Waals surface area contributed by atoms with Crippen LogP contribution in [0.4, 0.5) is 0 Å². The van der Waals surface area contributed by atoms with E-state index in [4.69, 9.17) is 23.7 Å². The van der Waals surface area contributed by atoms with Crippen LogP contribution in [0.15, 0.2) is 0 Å². The van der Waals surface area contributed by atoms with Gasteiger partial charge in [-0.2, -0.15) is 0 Å². The Kier molecular flexibility index (Phi) is 34.1. The van der Waals surface area contributed by atoms with Crippen LogP contribution in [0, 0.1) is 0 Å². The third-order valence-electron chi connectivity index (χ3n) is 12.3. The maximum Gasteiger partial charge on any atom is 0.187 e. The van der Waals surface area contributed by atoms with E-state index in [9.17, 15) is 35.7 Å². The van der Waals surface area contributed by atoms with Crippen LogP contribution in [0.2, 0.25) is 0 Å². The number of aliphatic hydroxyl groups excluding tert-OH is 7. The van der Waals surface area contributed by atoms with Gasteiger partial charge in [0, 0.05) is 19.8 Å². The van der Waals surface area contributed by atoms with Crippen LogP contribution in [0.25, 0.3) is 0 Å². The number of aliphatic hydroxyl groups is 7. The molecule has 0 bridgehead atoms. The minimum atomic E-state index is -1.72. The van der Waals surface area contributed by atoms with Gasteiger partial charge in [-0.05, 0) is 12.8 Å². The third-order valence-corrected chi connectivity index (χ3v) is 12.3. The fourth-order valence-corrected chi connectivity index (χ4v) is 8.33. The molecule has 2 aliphatic rings. The number of ether oxygens (including phenoxy) is 5. The average molecular weight is 864 g/mol. The second-order valence-corrected chi connectivity index (χ2v) is 17.7. The zero-order valence-corrected chi connectivity index (χ0v) is 38.1. The molecule has 0 aromatic rings. The first-order chi connectivity index (χ1) is 29.3. The summed E-state index contributed by atoms with van der Waals surface area (Å²) in [7, 11) is 0. The molecule has 60 heavy (non-hydrogen) atoms. The number of nitrogens with one attached hydrogen (secondary N) is 1. The molecule has 11 atom stereocenters. The average Bonchev–Trinajstić information content (AvgIpc) is 3.25. The van der Waals surface area contributed by atoms with Crippen molar-refractivity contribution in [3.63, 3.8) is 0 Å². The number of hydrogen-bond acceptors (Lipinski definition) is 13. The van der Waals surface area contributed by atoms with Crippen molar-refractivity contribution in [1.29, 1.82) is 0 Å². The van der Waals surface area contributed by atoms with Gasteiger partial charge < -0.3 is 59.4 Å². The lowest BCUT2D eigenvalue weighted by molar-refractivity contribution is -0.343. The van der Waals surface area contributed by atoms with Crippen molar-refractivity contribution >= 4 is 0 Å². The predicted octanol–water partition coefficient (Wildman–Crippen LogP) is 6.56. The van der Waals surface area contributed by atoms with E-state index in [1.807, 2.05) is 0 Å². The molecule has 0 amide bonds. The van der Waals surface area contributed by atoms with Crippen molar-refractivity contribution in [2.24, 2.45) is 0 Å². The molecule has 1 unspecified atom stereocenters. The Morgan fingerprint density at radius 2 is 0.900 bits per heavy atom. The van der Waals surface area contributed by atoms with Crippen molar-refractivity contribution in [2.45, 2.75) is 261 Å². The molecule has 13 heteroatoms. The Labute approximate surface area is 364 Å². The van der Waals surface area contributed by atoms with E-state index in [1.165, 1.54) is 154 Å². The van der Waals surface area contributed by atoms with Crippen LogP contribution in [-0.4, -0.2) is 143 Å². The van der Waals surface area contributed by atoms with E-state index in [1.54, 1.807) is 0 Å². The molecule has 0 aromatic heterocycles. The fourth-order valence-electron chi connectivity index (χ4n) is 8.33. The Morgan fingerprint density at radius 3 is 1.35 bits per heavy atom. The molecule has 0 aliphatic carbocycles. The maximum atomic E-state index is 11.1. The first-order valence-corrected chi connectivity index (χ1v) is 24.8. The molecule has 2 heterocycles. The first kappa shape index (κ1) is 55.6. The standard InChI is InChI=1S/C47H93NO12/c1-3-5-7-9-11-13-15-17-19-21-23-25-27-29-31-56-36-37(57-32-30-28-26-24-22-20-18-16-14-12-10-8-6-4-2)33-48-46-43(54)42(53)45(39(35-50)58-46)60-47-44(55)41(52)40(51)38(34-49)59-47/h37-55H,3-36H2,1-2H3/t37?,38-,39-,40-,41+,42-,43-,44-,45-,46-,47-/m1/s1. The van der Waals surface area contributed by atoms with Crippen LogP contribution < -0.4 is 5.32 Å². The van der Waals surface area contributed by atoms with E-state index >= 15 is 0 Å². The second kappa shape index (κ2) is 36.8. The van der Waals surface area contributed by atoms with E-state index in [2.05, 4.69) is 19.2 Å². The highest BCUT2D eigenvalue weighted by molar-refractivity contribution is 4.95. The van der Waals surface area contributed by atoms with Gasteiger partial charge in [-0.15, -0.1) is 0 Å². The molecule has 0 spiro atoms. The molecule has 2 saturated heterocycles. The Hall–Kier alpha value is -0.520.